The van der Waals surface area contributed by atoms with E-state index in [0.717, 1.165) is 51.4 Å². The van der Waals surface area contributed by atoms with Crippen molar-refractivity contribution in [3.8, 4) is 5.69 Å². The Balaban J connectivity index is 1.19. The van der Waals surface area contributed by atoms with E-state index in [9.17, 15) is 14.0 Å². The van der Waals surface area contributed by atoms with Gasteiger partial charge in [0.05, 0.1) is 10.7 Å². The van der Waals surface area contributed by atoms with E-state index in [1.165, 1.54) is 56.2 Å². The number of anilines is 1. The molecule has 41 heavy (non-hydrogen) atoms. The molecule has 210 valence electrons. The number of thiocarbonyl (C=S) groups is 1. The first-order valence-electron chi connectivity index (χ1n) is 14.3. The number of hydrogen-bond donors (Lipinski definition) is 1. The summed E-state index contributed by atoms with van der Waals surface area (Å²) in [6.07, 6.45) is 9.88. The van der Waals surface area contributed by atoms with E-state index < -0.39 is 17.6 Å². The van der Waals surface area contributed by atoms with Crippen LogP contribution in [-0.4, -0.2) is 21.5 Å². The molecule has 0 spiro atoms. The summed E-state index contributed by atoms with van der Waals surface area (Å²) in [5.74, 6) is 0.922. The fourth-order valence-corrected chi connectivity index (χ4v) is 8.89. The van der Waals surface area contributed by atoms with Crippen molar-refractivity contribution < 1.29 is 14.0 Å². The van der Waals surface area contributed by atoms with Crippen LogP contribution in [0.4, 0.5) is 10.1 Å². The van der Waals surface area contributed by atoms with Crippen LogP contribution in [-0.2, 0) is 15.0 Å². The minimum Gasteiger partial charge on any atom is -0.318 e. The molecule has 4 saturated carbocycles. The second-order valence-electron chi connectivity index (χ2n) is 12.5. The summed E-state index contributed by atoms with van der Waals surface area (Å²) in [6, 6.07) is 14.9. The Labute approximate surface area is 249 Å². The molecule has 5 aliphatic rings. The highest BCUT2D eigenvalue weighted by atomic mass is 35.5. The van der Waals surface area contributed by atoms with Crippen molar-refractivity contribution in [2.75, 3.05) is 4.90 Å². The normalized spacial score (nSPS) is 28.1. The van der Waals surface area contributed by atoms with Gasteiger partial charge in [-0.25, -0.2) is 4.39 Å². The molecule has 2 amide bonds. The van der Waals surface area contributed by atoms with Crippen LogP contribution in [0.15, 0.2) is 54.1 Å². The molecule has 3 aromatic rings. The van der Waals surface area contributed by atoms with Gasteiger partial charge >= 0.3 is 0 Å². The molecule has 2 aromatic carbocycles. The molecule has 1 saturated heterocycles. The van der Waals surface area contributed by atoms with E-state index in [-0.39, 0.29) is 21.4 Å². The number of halogens is 2. The number of nitrogens with one attached hydrogen (secondary N) is 1. The van der Waals surface area contributed by atoms with Crippen LogP contribution in [0.3, 0.4) is 0 Å². The molecule has 8 rings (SSSR count). The van der Waals surface area contributed by atoms with Crippen LogP contribution in [0, 0.1) is 37.4 Å². The van der Waals surface area contributed by atoms with E-state index in [1.54, 1.807) is 6.08 Å². The smallest absolute Gasteiger partial charge is 0.270 e. The lowest BCUT2D eigenvalue weighted by molar-refractivity contribution is -0.122. The third-order valence-corrected chi connectivity index (χ3v) is 10.4. The van der Waals surface area contributed by atoms with Gasteiger partial charge in [0, 0.05) is 17.1 Å². The highest BCUT2D eigenvalue weighted by molar-refractivity contribution is 7.80. The molecule has 8 heteroatoms. The molecule has 0 radical (unpaired) electrons. The van der Waals surface area contributed by atoms with Gasteiger partial charge in [-0.05, 0) is 141 Å². The number of aromatic nitrogens is 1. The highest BCUT2D eigenvalue weighted by Crippen LogP contribution is 2.60. The average molecular weight is 588 g/mol. The maximum absolute atomic E-state index is 13.7. The van der Waals surface area contributed by atoms with Crippen LogP contribution >= 0.6 is 23.8 Å². The van der Waals surface area contributed by atoms with Crippen LogP contribution in [0.2, 0.25) is 5.02 Å². The predicted octanol–water partition coefficient (Wildman–Crippen LogP) is 7.19. The first-order valence-corrected chi connectivity index (χ1v) is 15.1. The van der Waals surface area contributed by atoms with Crippen molar-refractivity contribution in [2.45, 2.75) is 57.8 Å². The monoisotopic (exact) mass is 587 g/mol. The van der Waals surface area contributed by atoms with Gasteiger partial charge in [-0.15, -0.1) is 0 Å². The van der Waals surface area contributed by atoms with Crippen molar-refractivity contribution in [1.82, 2.24) is 9.88 Å². The number of carbonyl (C=O) groups is 2. The van der Waals surface area contributed by atoms with Gasteiger partial charge in [-0.3, -0.25) is 19.8 Å². The maximum Gasteiger partial charge on any atom is 0.270 e. The zero-order valence-electron chi connectivity index (χ0n) is 23.0. The Morgan fingerprint density at radius 1 is 0.951 bits per heavy atom. The van der Waals surface area contributed by atoms with Crippen molar-refractivity contribution >= 4 is 52.5 Å². The lowest BCUT2D eigenvalue weighted by atomic mass is 9.48. The van der Waals surface area contributed by atoms with Gasteiger partial charge in [-0.2, -0.15) is 0 Å². The molecule has 4 aliphatic carbocycles. The number of amides is 2. The lowest BCUT2D eigenvalue weighted by Crippen LogP contribution is -2.54. The average Bonchev–Trinajstić information content (AvgIpc) is 3.20. The van der Waals surface area contributed by atoms with Crippen molar-refractivity contribution in [1.29, 1.82) is 0 Å². The largest absolute Gasteiger partial charge is 0.318 e. The predicted molar refractivity (Wildman–Crippen MR) is 163 cm³/mol. The number of carbonyl (C=O) groups excluding carboxylic acids is 2. The third kappa shape index (κ3) is 4.36. The topological polar surface area (TPSA) is 54.3 Å². The van der Waals surface area contributed by atoms with E-state index in [2.05, 4.69) is 34.1 Å². The Hall–Kier alpha value is -3.29. The van der Waals surface area contributed by atoms with E-state index >= 15 is 0 Å². The van der Waals surface area contributed by atoms with Crippen molar-refractivity contribution in [3.05, 3.63) is 87.5 Å². The number of aryl methyl sites for hydroxylation is 1. The summed E-state index contributed by atoms with van der Waals surface area (Å²) in [6.45, 7) is 4.01. The Kier molecular flexibility index (Phi) is 6.25. The summed E-state index contributed by atoms with van der Waals surface area (Å²) >= 11 is 11.2. The van der Waals surface area contributed by atoms with Gasteiger partial charge < -0.3 is 4.57 Å². The van der Waals surface area contributed by atoms with E-state index in [1.807, 2.05) is 19.9 Å². The second kappa shape index (κ2) is 9.63. The Bertz CT molecular complexity index is 1620. The second-order valence-corrected chi connectivity index (χ2v) is 13.3. The highest BCUT2D eigenvalue weighted by Gasteiger charge is 2.51. The van der Waals surface area contributed by atoms with E-state index in [0.29, 0.717) is 5.41 Å². The summed E-state index contributed by atoms with van der Waals surface area (Å²) in [4.78, 5) is 27.5. The minimum absolute atomic E-state index is 0.0588. The summed E-state index contributed by atoms with van der Waals surface area (Å²) < 4.78 is 15.9. The molecule has 1 aromatic heterocycles. The van der Waals surface area contributed by atoms with Crippen LogP contribution in [0.5, 0.6) is 0 Å². The molecule has 4 bridgehead atoms. The Morgan fingerprint density at radius 3 is 2.17 bits per heavy atom. The number of nitrogens with zero attached hydrogens (tertiary/aromatic N) is 2. The third-order valence-electron chi connectivity index (χ3n) is 9.81. The van der Waals surface area contributed by atoms with Crippen LogP contribution < -0.4 is 10.2 Å². The summed E-state index contributed by atoms with van der Waals surface area (Å²) in [7, 11) is 0. The lowest BCUT2D eigenvalue weighted by Gasteiger charge is -2.57. The summed E-state index contributed by atoms with van der Waals surface area (Å²) in [5.41, 5.74) is 5.78. The zero-order chi connectivity index (χ0) is 28.6. The molecule has 0 atom stereocenters. The fraction of sp³-hybridized carbons (Fsp3) is 0.364. The van der Waals surface area contributed by atoms with Gasteiger partial charge in [0.15, 0.2) is 5.11 Å². The van der Waals surface area contributed by atoms with Gasteiger partial charge in [0.2, 0.25) is 0 Å². The Morgan fingerprint density at radius 2 is 1.56 bits per heavy atom. The van der Waals surface area contributed by atoms with Gasteiger partial charge in [0.1, 0.15) is 11.4 Å². The zero-order valence-corrected chi connectivity index (χ0v) is 24.6. The summed E-state index contributed by atoms with van der Waals surface area (Å²) in [5, 5.41) is 2.36. The van der Waals surface area contributed by atoms with E-state index in [4.69, 9.17) is 23.8 Å². The number of benzene rings is 2. The molecule has 1 N–H and O–H groups in total. The van der Waals surface area contributed by atoms with Crippen LogP contribution in [0.1, 0.15) is 61.0 Å². The fourth-order valence-electron chi connectivity index (χ4n) is 8.43. The molecule has 1 aliphatic heterocycles. The first kappa shape index (κ1) is 26.6. The standard InChI is InChI=1S/C33H31ClFN3O2S/c1-18-9-23(13-27-30(39)36-32(41)38(31(27)40)26-7-8-29(35)28(34)14-26)19(2)37(18)25-5-3-24(4-6-25)33-15-20-10-21(16-33)12-22(11-20)17-33/h3-9,13-14,20-22H,10-12,15-17H2,1-2H3,(H,36,39,41)/b27-13+. The molecular formula is C33H31ClFN3O2S. The number of hydrogen-bond acceptors (Lipinski definition) is 3. The molecule has 5 fully saturated rings. The maximum atomic E-state index is 13.7. The quantitative estimate of drug-likeness (QED) is 0.200. The SMILES string of the molecule is Cc1cc(/C=C2\C(=O)NC(=S)N(c3ccc(F)c(Cl)c3)C2=O)c(C)n1-c1ccc(C23CC4CC(CC(C4)C2)C3)cc1. The minimum atomic E-state index is -0.607. The van der Waals surface area contributed by atoms with Gasteiger partial charge in [0.25, 0.3) is 11.8 Å². The molecular weight excluding hydrogens is 557 g/mol. The first-order chi connectivity index (χ1) is 19.6. The molecule has 0 unspecified atom stereocenters. The van der Waals surface area contributed by atoms with Crippen LogP contribution in [0.25, 0.3) is 11.8 Å². The van der Waals surface area contributed by atoms with Crippen molar-refractivity contribution in [3.63, 3.8) is 0 Å². The molecule has 5 nitrogen and oxygen atoms in total. The molecule has 2 heterocycles. The van der Waals surface area contributed by atoms with Crippen molar-refractivity contribution in [2.24, 2.45) is 17.8 Å². The van der Waals surface area contributed by atoms with Gasteiger partial charge in [-0.1, -0.05) is 23.7 Å². The number of rotatable bonds is 4.